The normalized spacial score (nSPS) is 21.1. The van der Waals surface area contributed by atoms with Crippen LogP contribution in [-0.2, 0) is 18.0 Å². The molecule has 1 saturated heterocycles. The number of rotatable bonds is 3. The van der Waals surface area contributed by atoms with Gasteiger partial charge in [-0.1, -0.05) is 6.92 Å². The quantitative estimate of drug-likeness (QED) is 0.683. The van der Waals surface area contributed by atoms with E-state index in [1.807, 2.05) is 11.0 Å². The van der Waals surface area contributed by atoms with Crippen LogP contribution in [0.3, 0.4) is 0 Å². The van der Waals surface area contributed by atoms with Gasteiger partial charge in [0.15, 0.2) is 0 Å². The Morgan fingerprint density at radius 1 is 1.27 bits per heavy atom. The van der Waals surface area contributed by atoms with E-state index in [1.165, 1.54) is 0 Å². The summed E-state index contributed by atoms with van der Waals surface area (Å²) in [6.45, 7) is 3.74. The van der Waals surface area contributed by atoms with Crippen LogP contribution in [0.15, 0.2) is 18.2 Å². The molecule has 5 heterocycles. The molecule has 30 heavy (non-hydrogen) atoms. The largest absolute Gasteiger partial charge is 0.480 e. The number of nitrogens with one attached hydrogen (secondary N) is 1. The highest BCUT2D eigenvalue weighted by Gasteiger charge is 2.34. The van der Waals surface area contributed by atoms with Crippen molar-refractivity contribution < 1.29 is 14.3 Å². The maximum Gasteiger partial charge on any atom is 0.270 e. The standard InChI is InChI=1S/C21H24N6O3/c1-11-3-5-17(14-4-6-18(29-2)26-25-14)27(8-11)21(28)16-7-15-19(23-16)12-9-30-10-13(12)20(22)24-15/h4,6-7,11,17,23H,3,5,8-10H2,1-2H3,(H2,22,24)/t11-,17+/m0/s1. The van der Waals surface area contributed by atoms with E-state index >= 15 is 0 Å². The predicted octanol–water partition coefficient (Wildman–Crippen LogP) is 2.59. The summed E-state index contributed by atoms with van der Waals surface area (Å²) in [7, 11) is 1.56. The highest BCUT2D eigenvalue weighted by atomic mass is 16.5. The van der Waals surface area contributed by atoms with Crippen LogP contribution in [0.25, 0.3) is 11.0 Å². The van der Waals surface area contributed by atoms with Gasteiger partial charge in [-0.05, 0) is 30.9 Å². The number of piperidine rings is 1. The van der Waals surface area contributed by atoms with E-state index in [1.54, 1.807) is 19.2 Å². The molecule has 3 aromatic rings. The number of methoxy groups -OCH3 is 1. The van der Waals surface area contributed by atoms with Gasteiger partial charge in [0, 0.05) is 23.7 Å². The van der Waals surface area contributed by atoms with Crippen LogP contribution in [0, 0.1) is 5.92 Å². The van der Waals surface area contributed by atoms with E-state index in [4.69, 9.17) is 15.2 Å². The van der Waals surface area contributed by atoms with Crippen molar-refractivity contribution in [3.8, 4) is 5.88 Å². The fourth-order valence-corrected chi connectivity index (χ4v) is 4.41. The third-order valence-corrected chi connectivity index (χ3v) is 6.03. The maximum atomic E-state index is 13.5. The van der Waals surface area contributed by atoms with E-state index < -0.39 is 0 Å². The van der Waals surface area contributed by atoms with Gasteiger partial charge in [0.25, 0.3) is 5.91 Å². The summed E-state index contributed by atoms with van der Waals surface area (Å²) in [5, 5.41) is 8.39. The number of H-pyrrole nitrogens is 1. The molecule has 9 nitrogen and oxygen atoms in total. The van der Waals surface area contributed by atoms with Crippen molar-refractivity contribution in [2.45, 2.75) is 39.0 Å². The molecule has 2 aliphatic heterocycles. The van der Waals surface area contributed by atoms with Gasteiger partial charge in [-0.3, -0.25) is 4.79 Å². The van der Waals surface area contributed by atoms with Crippen LogP contribution in [0.5, 0.6) is 5.88 Å². The number of ether oxygens (including phenoxy) is 2. The second-order valence-electron chi connectivity index (χ2n) is 8.05. The number of nitrogens with two attached hydrogens (primary N) is 1. The Morgan fingerprint density at radius 3 is 2.87 bits per heavy atom. The number of carbonyl (C=O) groups is 1. The molecule has 1 fully saturated rings. The van der Waals surface area contributed by atoms with E-state index in [0.29, 0.717) is 48.6 Å². The number of hydrogen-bond acceptors (Lipinski definition) is 7. The molecule has 0 saturated carbocycles. The van der Waals surface area contributed by atoms with Gasteiger partial charge in [-0.15, -0.1) is 10.2 Å². The Morgan fingerprint density at radius 2 is 2.10 bits per heavy atom. The molecule has 0 spiro atoms. The summed E-state index contributed by atoms with van der Waals surface area (Å²) < 4.78 is 10.6. The third-order valence-electron chi connectivity index (χ3n) is 6.03. The van der Waals surface area contributed by atoms with Crippen molar-refractivity contribution in [1.29, 1.82) is 0 Å². The molecule has 0 aliphatic carbocycles. The highest BCUT2D eigenvalue weighted by Crippen LogP contribution is 2.35. The van der Waals surface area contributed by atoms with Gasteiger partial charge in [0.05, 0.1) is 43.1 Å². The number of hydrogen-bond donors (Lipinski definition) is 2. The minimum atomic E-state index is -0.134. The Labute approximate surface area is 173 Å². The topological polar surface area (TPSA) is 119 Å². The second-order valence-corrected chi connectivity index (χ2v) is 8.05. The summed E-state index contributed by atoms with van der Waals surface area (Å²) in [6.07, 6.45) is 1.86. The van der Waals surface area contributed by atoms with E-state index in [9.17, 15) is 4.79 Å². The summed E-state index contributed by atoms with van der Waals surface area (Å²) in [4.78, 5) is 23.2. The van der Waals surface area contributed by atoms with Crippen LogP contribution in [0.2, 0.25) is 0 Å². The number of nitrogens with zero attached hydrogens (tertiary/aromatic N) is 4. The molecule has 0 bridgehead atoms. The Bertz CT molecular complexity index is 1110. The summed E-state index contributed by atoms with van der Waals surface area (Å²) >= 11 is 0. The molecule has 156 valence electrons. The van der Waals surface area contributed by atoms with Crippen LogP contribution >= 0.6 is 0 Å². The average molecular weight is 408 g/mol. The maximum absolute atomic E-state index is 13.5. The molecule has 2 atom stereocenters. The molecular formula is C21H24N6O3. The number of amides is 1. The second kappa shape index (κ2) is 7.24. The van der Waals surface area contributed by atoms with Crippen molar-refractivity contribution in [1.82, 2.24) is 25.1 Å². The first kappa shape index (κ1) is 18.8. The Kier molecular flexibility index (Phi) is 4.54. The predicted molar refractivity (Wildman–Crippen MR) is 110 cm³/mol. The Balaban J connectivity index is 1.51. The lowest BCUT2D eigenvalue weighted by atomic mass is 9.92. The number of aromatic nitrogens is 4. The van der Waals surface area contributed by atoms with Crippen molar-refractivity contribution in [3.05, 3.63) is 40.7 Å². The molecule has 0 aromatic carbocycles. The first-order chi connectivity index (χ1) is 14.5. The zero-order valence-corrected chi connectivity index (χ0v) is 17.0. The summed E-state index contributed by atoms with van der Waals surface area (Å²) in [6, 6.07) is 5.31. The lowest BCUT2D eigenvalue weighted by molar-refractivity contribution is 0.0531. The molecular weight excluding hydrogens is 384 g/mol. The molecule has 0 radical (unpaired) electrons. The van der Waals surface area contributed by atoms with Crippen LogP contribution in [0.4, 0.5) is 5.82 Å². The van der Waals surface area contributed by atoms with Crippen molar-refractivity contribution >= 4 is 22.8 Å². The van der Waals surface area contributed by atoms with Crippen LogP contribution < -0.4 is 10.5 Å². The van der Waals surface area contributed by atoms with Gasteiger partial charge in [0.2, 0.25) is 5.88 Å². The highest BCUT2D eigenvalue weighted by molar-refractivity contribution is 5.98. The van der Waals surface area contributed by atoms with Crippen LogP contribution in [-0.4, -0.2) is 44.6 Å². The number of aromatic amines is 1. The molecule has 1 amide bonds. The number of nitrogen functional groups attached to an aromatic ring is 1. The van der Waals surface area contributed by atoms with Gasteiger partial charge < -0.3 is 25.1 Å². The molecule has 3 aromatic heterocycles. The van der Waals surface area contributed by atoms with Crippen LogP contribution in [0.1, 0.15) is 53.1 Å². The van der Waals surface area contributed by atoms with Gasteiger partial charge in [-0.25, -0.2) is 4.98 Å². The van der Waals surface area contributed by atoms with Crippen molar-refractivity contribution in [2.75, 3.05) is 19.4 Å². The monoisotopic (exact) mass is 408 g/mol. The molecule has 2 aliphatic rings. The van der Waals surface area contributed by atoms with Gasteiger partial charge in [-0.2, -0.15) is 0 Å². The molecule has 9 heteroatoms. The summed E-state index contributed by atoms with van der Waals surface area (Å²) in [5.74, 6) is 1.25. The smallest absolute Gasteiger partial charge is 0.270 e. The lowest BCUT2D eigenvalue weighted by Gasteiger charge is -2.38. The number of likely N-dealkylation sites (tertiary alicyclic amines) is 1. The average Bonchev–Trinajstić information content (AvgIpc) is 3.41. The zero-order valence-electron chi connectivity index (χ0n) is 17.0. The lowest BCUT2D eigenvalue weighted by Crippen LogP contribution is -2.42. The Hall–Kier alpha value is -3.20. The number of fused-ring (bicyclic) bond motifs is 3. The first-order valence-electron chi connectivity index (χ1n) is 10.1. The molecule has 3 N–H and O–H groups in total. The third kappa shape index (κ3) is 3.06. The van der Waals surface area contributed by atoms with Crippen molar-refractivity contribution in [2.24, 2.45) is 5.92 Å². The fraction of sp³-hybridized carbons (Fsp3) is 0.429. The number of anilines is 1. The van der Waals surface area contributed by atoms with E-state index in [-0.39, 0.29) is 11.9 Å². The fourth-order valence-electron chi connectivity index (χ4n) is 4.41. The minimum absolute atomic E-state index is 0.0756. The van der Waals surface area contributed by atoms with E-state index in [2.05, 4.69) is 27.1 Å². The number of carbonyl (C=O) groups excluding carboxylic acids is 1. The van der Waals surface area contributed by atoms with Crippen molar-refractivity contribution in [3.63, 3.8) is 0 Å². The molecule has 0 unspecified atom stereocenters. The zero-order chi connectivity index (χ0) is 20.8. The first-order valence-corrected chi connectivity index (χ1v) is 10.1. The SMILES string of the molecule is COc1ccc([C@H]2CC[C@H](C)CN2C(=O)c2cc3nc(N)c4c(c3[nH]2)COC4)nn1. The van der Waals surface area contributed by atoms with E-state index in [0.717, 1.165) is 35.2 Å². The number of pyridine rings is 1. The minimum Gasteiger partial charge on any atom is -0.480 e. The van der Waals surface area contributed by atoms with Gasteiger partial charge in [0.1, 0.15) is 11.5 Å². The summed E-state index contributed by atoms with van der Waals surface area (Å²) in [5.41, 5.74) is 10.7. The molecule has 5 rings (SSSR count). The van der Waals surface area contributed by atoms with Gasteiger partial charge >= 0.3 is 0 Å².